The van der Waals surface area contributed by atoms with Gasteiger partial charge in [0.25, 0.3) is 0 Å². The lowest BCUT2D eigenvalue weighted by Crippen LogP contribution is -2.29. The van der Waals surface area contributed by atoms with Crippen molar-refractivity contribution < 1.29 is 0 Å². The Bertz CT molecular complexity index is 1080. The molecule has 25 heavy (non-hydrogen) atoms. The summed E-state index contributed by atoms with van der Waals surface area (Å²) in [5, 5.41) is 4.78. The van der Waals surface area contributed by atoms with Crippen LogP contribution in [-0.4, -0.2) is 0 Å². The maximum Gasteiger partial charge on any atom is 0.0610 e. The van der Waals surface area contributed by atoms with Crippen LogP contribution in [0.2, 0.25) is 0 Å². The molecule has 0 N–H and O–H groups in total. The number of rotatable bonds is 1. The number of hydrogen-bond acceptors (Lipinski definition) is 2. The maximum atomic E-state index is 2.44. The number of benzene rings is 3. The van der Waals surface area contributed by atoms with Crippen molar-refractivity contribution in [1.82, 2.24) is 0 Å². The Kier molecular flexibility index (Phi) is 3.07. The summed E-state index contributed by atoms with van der Waals surface area (Å²) < 4.78 is 0. The molecule has 1 nitrogen and oxygen atoms in total. The molecule has 5 rings (SSSR count). The Balaban J connectivity index is 1.87. The van der Waals surface area contributed by atoms with Crippen molar-refractivity contribution in [2.45, 2.75) is 19.3 Å². The highest BCUT2D eigenvalue weighted by atomic mass is 32.1. The Morgan fingerprint density at radius 2 is 1.44 bits per heavy atom. The fourth-order valence-corrected chi connectivity index (χ4v) is 5.08. The van der Waals surface area contributed by atoms with Crippen molar-refractivity contribution in [3.63, 3.8) is 0 Å². The zero-order chi connectivity index (χ0) is 17.0. The average molecular weight is 341 g/mol. The van der Waals surface area contributed by atoms with Crippen LogP contribution in [0.15, 0.2) is 78.2 Å². The van der Waals surface area contributed by atoms with Crippen molar-refractivity contribution in [2.75, 3.05) is 4.90 Å². The van der Waals surface area contributed by atoms with E-state index < -0.39 is 0 Å². The van der Waals surface area contributed by atoms with E-state index in [0.717, 1.165) is 0 Å². The third-order valence-corrected chi connectivity index (χ3v) is 6.51. The minimum Gasteiger partial charge on any atom is -0.308 e. The van der Waals surface area contributed by atoms with E-state index in [4.69, 9.17) is 0 Å². The van der Waals surface area contributed by atoms with Crippen LogP contribution in [0.4, 0.5) is 17.1 Å². The molecule has 0 amide bonds. The molecule has 2 heterocycles. The summed E-state index contributed by atoms with van der Waals surface area (Å²) in [4.78, 5) is 3.87. The van der Waals surface area contributed by atoms with Gasteiger partial charge in [0.1, 0.15) is 0 Å². The van der Waals surface area contributed by atoms with Crippen LogP contribution in [0.1, 0.15) is 24.3 Å². The number of nitrogens with zero attached hydrogens (tertiary/aromatic N) is 1. The normalized spacial score (nSPS) is 15.0. The molecule has 0 fully saturated rings. The topological polar surface area (TPSA) is 3.24 Å². The van der Waals surface area contributed by atoms with Crippen molar-refractivity contribution in [2.24, 2.45) is 0 Å². The molecule has 0 saturated carbocycles. The van der Waals surface area contributed by atoms with E-state index >= 15 is 0 Å². The van der Waals surface area contributed by atoms with E-state index in [1.807, 2.05) is 11.3 Å². The first kappa shape index (κ1) is 14.7. The molecule has 1 aromatic heterocycles. The van der Waals surface area contributed by atoms with Gasteiger partial charge in [-0.05, 0) is 34.5 Å². The largest absolute Gasteiger partial charge is 0.308 e. The van der Waals surface area contributed by atoms with Crippen LogP contribution >= 0.6 is 11.3 Å². The minimum absolute atomic E-state index is 0.0289. The van der Waals surface area contributed by atoms with Crippen LogP contribution in [0, 0.1) is 0 Å². The van der Waals surface area contributed by atoms with Gasteiger partial charge in [0, 0.05) is 15.7 Å². The van der Waals surface area contributed by atoms with Crippen molar-refractivity contribution in [3.8, 4) is 0 Å². The first-order valence-electron chi connectivity index (χ1n) is 8.63. The molecule has 1 aliphatic heterocycles. The number of anilines is 3. The van der Waals surface area contributed by atoms with E-state index in [1.165, 1.54) is 38.3 Å². The van der Waals surface area contributed by atoms with E-state index in [9.17, 15) is 0 Å². The molecule has 122 valence electrons. The second-order valence-electron chi connectivity index (χ2n) is 7.11. The molecule has 0 aliphatic carbocycles. The van der Waals surface area contributed by atoms with Crippen LogP contribution in [0.5, 0.6) is 0 Å². The fraction of sp³-hybridized carbons (Fsp3) is 0.130. The SMILES string of the molecule is CC1(C)c2ccccc2N(c2cccc3ccccc23)c2ccsc21. The Morgan fingerprint density at radius 3 is 2.36 bits per heavy atom. The van der Waals surface area contributed by atoms with E-state index in [2.05, 4.69) is 96.9 Å². The summed E-state index contributed by atoms with van der Waals surface area (Å²) in [6, 6.07) is 26.3. The predicted octanol–water partition coefficient (Wildman–Crippen LogP) is 7.01. The summed E-state index contributed by atoms with van der Waals surface area (Å²) in [7, 11) is 0. The molecule has 3 aromatic carbocycles. The monoisotopic (exact) mass is 341 g/mol. The molecule has 4 aromatic rings. The van der Waals surface area contributed by atoms with Crippen LogP contribution in [0.25, 0.3) is 10.8 Å². The average Bonchev–Trinajstić information content (AvgIpc) is 3.13. The van der Waals surface area contributed by atoms with Gasteiger partial charge in [-0.15, -0.1) is 11.3 Å². The maximum absolute atomic E-state index is 2.44. The number of hydrogen-bond donors (Lipinski definition) is 0. The first-order chi connectivity index (χ1) is 12.2. The molecule has 2 heteroatoms. The van der Waals surface area contributed by atoms with E-state index in [1.54, 1.807) is 0 Å². The predicted molar refractivity (Wildman–Crippen MR) is 109 cm³/mol. The Labute approximate surface area is 152 Å². The van der Waals surface area contributed by atoms with Crippen molar-refractivity contribution >= 4 is 39.2 Å². The quantitative estimate of drug-likeness (QED) is 0.360. The molecule has 0 saturated heterocycles. The summed E-state index contributed by atoms with van der Waals surface area (Å²) >= 11 is 1.86. The van der Waals surface area contributed by atoms with Crippen molar-refractivity contribution in [3.05, 3.63) is 88.6 Å². The zero-order valence-corrected chi connectivity index (χ0v) is 15.2. The zero-order valence-electron chi connectivity index (χ0n) is 14.4. The molecule has 1 aliphatic rings. The first-order valence-corrected chi connectivity index (χ1v) is 9.51. The van der Waals surface area contributed by atoms with E-state index in [-0.39, 0.29) is 5.41 Å². The number of fused-ring (bicyclic) bond motifs is 3. The molecular weight excluding hydrogens is 322 g/mol. The molecule has 0 radical (unpaired) electrons. The highest BCUT2D eigenvalue weighted by Crippen LogP contribution is 2.54. The molecule has 0 spiro atoms. The smallest absolute Gasteiger partial charge is 0.0610 e. The van der Waals surface area contributed by atoms with Gasteiger partial charge >= 0.3 is 0 Å². The second-order valence-corrected chi connectivity index (χ2v) is 8.03. The van der Waals surface area contributed by atoms with Crippen LogP contribution in [0.3, 0.4) is 0 Å². The van der Waals surface area contributed by atoms with Crippen LogP contribution in [-0.2, 0) is 5.41 Å². The van der Waals surface area contributed by atoms with E-state index in [0.29, 0.717) is 0 Å². The summed E-state index contributed by atoms with van der Waals surface area (Å²) in [6.07, 6.45) is 0. The lowest BCUT2D eigenvalue weighted by Gasteiger charge is -2.40. The highest BCUT2D eigenvalue weighted by molar-refractivity contribution is 7.10. The molecule has 0 bridgehead atoms. The summed E-state index contributed by atoms with van der Waals surface area (Å²) in [6.45, 7) is 4.67. The fourth-order valence-electron chi connectivity index (χ4n) is 4.06. The second kappa shape index (κ2) is 5.21. The van der Waals surface area contributed by atoms with Gasteiger partial charge in [-0.1, -0.05) is 68.4 Å². The van der Waals surface area contributed by atoms with Gasteiger partial charge in [0.05, 0.1) is 17.1 Å². The third-order valence-electron chi connectivity index (χ3n) is 5.28. The van der Waals surface area contributed by atoms with Crippen LogP contribution < -0.4 is 4.90 Å². The summed E-state index contributed by atoms with van der Waals surface area (Å²) in [5.74, 6) is 0. The van der Waals surface area contributed by atoms with Gasteiger partial charge in [-0.3, -0.25) is 0 Å². The third kappa shape index (κ3) is 2.01. The van der Waals surface area contributed by atoms with Gasteiger partial charge in [-0.2, -0.15) is 0 Å². The van der Waals surface area contributed by atoms with Gasteiger partial charge < -0.3 is 4.90 Å². The molecular formula is C23H19NS. The van der Waals surface area contributed by atoms with Gasteiger partial charge in [0.2, 0.25) is 0 Å². The summed E-state index contributed by atoms with van der Waals surface area (Å²) in [5.41, 5.74) is 5.26. The minimum atomic E-state index is 0.0289. The molecule has 0 unspecified atom stereocenters. The Hall–Kier alpha value is -2.58. The number of para-hydroxylation sites is 1. The number of thiophene rings is 1. The Morgan fingerprint density at radius 1 is 0.720 bits per heavy atom. The highest BCUT2D eigenvalue weighted by Gasteiger charge is 2.37. The van der Waals surface area contributed by atoms with Gasteiger partial charge in [0.15, 0.2) is 0 Å². The molecule has 0 atom stereocenters. The lowest BCUT2D eigenvalue weighted by molar-refractivity contribution is 0.647. The lowest BCUT2D eigenvalue weighted by atomic mass is 9.78. The van der Waals surface area contributed by atoms with Crippen molar-refractivity contribution in [1.29, 1.82) is 0 Å². The standard InChI is InChI=1S/C23H19NS/c1-23(2)18-11-5-6-12-20(18)24(21-14-15-25-22(21)23)19-13-7-9-16-8-3-4-10-17(16)19/h3-15H,1-2H3. The van der Waals surface area contributed by atoms with Gasteiger partial charge in [-0.25, -0.2) is 0 Å².